The molecule has 0 bridgehead atoms. The minimum Gasteiger partial charge on any atom is -0.490 e. The third kappa shape index (κ3) is 6.00. The number of piperidine rings is 1. The highest BCUT2D eigenvalue weighted by molar-refractivity contribution is 5.94. The number of likely N-dealkylation sites (tertiary alicyclic amines) is 1. The summed E-state index contributed by atoms with van der Waals surface area (Å²) in [5.74, 6) is 1.16. The van der Waals surface area contributed by atoms with E-state index in [-0.39, 0.29) is 17.9 Å². The van der Waals surface area contributed by atoms with E-state index in [1.165, 1.54) is 5.56 Å². The molecule has 1 atom stereocenters. The normalized spacial score (nSPS) is 18.9. The molecule has 0 radical (unpaired) electrons. The van der Waals surface area contributed by atoms with Gasteiger partial charge < -0.3 is 15.0 Å². The van der Waals surface area contributed by atoms with Crippen LogP contribution in [0.5, 0.6) is 5.75 Å². The van der Waals surface area contributed by atoms with Crippen molar-refractivity contribution in [2.45, 2.75) is 44.6 Å². The molecule has 0 saturated carbocycles. The summed E-state index contributed by atoms with van der Waals surface area (Å²) in [7, 11) is 0. The van der Waals surface area contributed by atoms with E-state index < -0.39 is 0 Å². The van der Waals surface area contributed by atoms with Gasteiger partial charge in [0.05, 0.1) is 0 Å². The van der Waals surface area contributed by atoms with Crippen molar-refractivity contribution in [2.24, 2.45) is 5.92 Å². The standard InChI is InChI=1S/C27H32N2O3/c30-26(28-18-15-21-7-3-1-4-8-21)22-11-13-24(14-12-22)32-25-16-19-29(20-17-25)27(31)23-9-5-2-6-10-23/h1-5,7-8,11-14,23,25H,6,9-10,15-20H2,(H,28,30)/t23-/m0/s1. The number of amides is 2. The number of benzene rings is 2. The summed E-state index contributed by atoms with van der Waals surface area (Å²) in [5.41, 5.74) is 1.84. The van der Waals surface area contributed by atoms with Crippen molar-refractivity contribution in [3.8, 4) is 5.75 Å². The predicted octanol–water partition coefficient (Wildman–Crippen LogP) is 4.39. The molecule has 4 rings (SSSR count). The summed E-state index contributed by atoms with van der Waals surface area (Å²) in [6.45, 7) is 2.12. The van der Waals surface area contributed by atoms with Crippen molar-refractivity contribution >= 4 is 11.8 Å². The Bertz CT molecular complexity index is 916. The topological polar surface area (TPSA) is 58.6 Å². The van der Waals surface area contributed by atoms with E-state index in [2.05, 4.69) is 29.6 Å². The fraction of sp³-hybridized carbons (Fsp3) is 0.407. The maximum atomic E-state index is 12.7. The zero-order valence-electron chi connectivity index (χ0n) is 18.5. The third-order valence-electron chi connectivity index (χ3n) is 6.33. The van der Waals surface area contributed by atoms with Gasteiger partial charge in [-0.05, 0) is 55.5 Å². The van der Waals surface area contributed by atoms with Gasteiger partial charge in [-0.25, -0.2) is 0 Å². The number of hydrogen-bond donors (Lipinski definition) is 1. The Morgan fingerprint density at radius 3 is 2.38 bits per heavy atom. The van der Waals surface area contributed by atoms with Crippen LogP contribution in [0.2, 0.25) is 0 Å². The van der Waals surface area contributed by atoms with Crippen molar-refractivity contribution in [3.63, 3.8) is 0 Å². The number of rotatable bonds is 7. The highest BCUT2D eigenvalue weighted by atomic mass is 16.5. The van der Waals surface area contributed by atoms with Crippen LogP contribution < -0.4 is 10.1 Å². The number of allylic oxidation sites excluding steroid dienone is 2. The molecule has 1 saturated heterocycles. The lowest BCUT2D eigenvalue weighted by molar-refractivity contribution is -0.137. The van der Waals surface area contributed by atoms with Gasteiger partial charge in [-0.1, -0.05) is 42.5 Å². The highest BCUT2D eigenvalue weighted by Gasteiger charge is 2.28. The zero-order chi connectivity index (χ0) is 22.2. The average Bonchev–Trinajstić information content (AvgIpc) is 2.86. The average molecular weight is 433 g/mol. The van der Waals surface area contributed by atoms with Gasteiger partial charge in [-0.2, -0.15) is 0 Å². The molecule has 0 unspecified atom stereocenters. The molecule has 1 fully saturated rings. The first-order chi connectivity index (χ1) is 15.7. The van der Waals surface area contributed by atoms with Gasteiger partial charge in [-0.15, -0.1) is 0 Å². The molecule has 1 N–H and O–H groups in total. The van der Waals surface area contributed by atoms with E-state index in [1.807, 2.05) is 47.4 Å². The van der Waals surface area contributed by atoms with Gasteiger partial charge in [-0.3, -0.25) is 9.59 Å². The summed E-state index contributed by atoms with van der Waals surface area (Å²) in [6.07, 6.45) is 9.77. The monoisotopic (exact) mass is 432 g/mol. The molecular weight excluding hydrogens is 400 g/mol. The molecule has 2 aromatic rings. The molecular formula is C27H32N2O3. The van der Waals surface area contributed by atoms with Crippen LogP contribution in [-0.2, 0) is 11.2 Å². The summed E-state index contributed by atoms with van der Waals surface area (Å²) in [6, 6.07) is 17.5. The number of ether oxygens (including phenoxy) is 1. The second kappa shape index (κ2) is 11.0. The third-order valence-corrected chi connectivity index (χ3v) is 6.33. The minimum absolute atomic E-state index is 0.0724. The maximum absolute atomic E-state index is 12.7. The second-order valence-electron chi connectivity index (χ2n) is 8.64. The van der Waals surface area contributed by atoms with E-state index in [0.29, 0.717) is 18.0 Å². The number of carbonyl (C=O) groups excluding carboxylic acids is 2. The molecule has 2 aliphatic rings. The minimum atomic E-state index is -0.0724. The van der Waals surface area contributed by atoms with Crippen LogP contribution in [0.3, 0.4) is 0 Å². The van der Waals surface area contributed by atoms with Gasteiger partial charge >= 0.3 is 0 Å². The van der Waals surface area contributed by atoms with E-state index in [4.69, 9.17) is 4.74 Å². The highest BCUT2D eigenvalue weighted by Crippen LogP contribution is 2.24. The fourth-order valence-corrected chi connectivity index (χ4v) is 4.41. The Morgan fingerprint density at radius 1 is 0.938 bits per heavy atom. The first-order valence-electron chi connectivity index (χ1n) is 11.7. The molecule has 1 aliphatic heterocycles. The molecule has 5 nitrogen and oxygen atoms in total. The Labute approximate surface area is 190 Å². The van der Waals surface area contributed by atoms with Gasteiger partial charge in [0.25, 0.3) is 5.91 Å². The Hall–Kier alpha value is -3.08. The number of carbonyl (C=O) groups is 2. The van der Waals surface area contributed by atoms with E-state index in [0.717, 1.165) is 57.4 Å². The van der Waals surface area contributed by atoms with Crippen LogP contribution in [0, 0.1) is 5.92 Å². The molecule has 32 heavy (non-hydrogen) atoms. The molecule has 5 heteroatoms. The lowest BCUT2D eigenvalue weighted by Gasteiger charge is -2.34. The lowest BCUT2D eigenvalue weighted by Crippen LogP contribution is -2.44. The Balaban J connectivity index is 1.20. The molecule has 0 aromatic heterocycles. The van der Waals surface area contributed by atoms with Crippen LogP contribution in [0.1, 0.15) is 48.0 Å². The van der Waals surface area contributed by atoms with Crippen LogP contribution in [0.15, 0.2) is 66.7 Å². The van der Waals surface area contributed by atoms with Crippen molar-refractivity contribution < 1.29 is 14.3 Å². The molecule has 0 spiro atoms. The van der Waals surface area contributed by atoms with Crippen molar-refractivity contribution in [1.29, 1.82) is 0 Å². The van der Waals surface area contributed by atoms with E-state index >= 15 is 0 Å². The molecule has 168 valence electrons. The van der Waals surface area contributed by atoms with Gasteiger partial charge in [0.2, 0.25) is 5.91 Å². The van der Waals surface area contributed by atoms with E-state index in [9.17, 15) is 9.59 Å². The van der Waals surface area contributed by atoms with Crippen LogP contribution in [-0.4, -0.2) is 42.5 Å². The number of hydrogen-bond acceptors (Lipinski definition) is 3. The SMILES string of the molecule is O=C(NCCc1ccccc1)c1ccc(OC2CCN(C(=O)[C@H]3CC=CCC3)CC2)cc1. The molecule has 2 aromatic carbocycles. The van der Waals surface area contributed by atoms with Gasteiger partial charge in [0.15, 0.2) is 0 Å². The molecule has 1 aliphatic carbocycles. The molecule has 1 heterocycles. The summed E-state index contributed by atoms with van der Waals surface area (Å²) < 4.78 is 6.12. The summed E-state index contributed by atoms with van der Waals surface area (Å²) >= 11 is 0. The summed E-state index contributed by atoms with van der Waals surface area (Å²) in [4.78, 5) is 27.1. The Morgan fingerprint density at radius 2 is 1.69 bits per heavy atom. The maximum Gasteiger partial charge on any atom is 0.251 e. The first-order valence-corrected chi connectivity index (χ1v) is 11.7. The van der Waals surface area contributed by atoms with Gasteiger partial charge in [0, 0.05) is 44.0 Å². The lowest BCUT2D eigenvalue weighted by atomic mass is 9.92. The summed E-state index contributed by atoms with van der Waals surface area (Å²) in [5, 5.41) is 2.97. The quantitative estimate of drug-likeness (QED) is 0.661. The van der Waals surface area contributed by atoms with Crippen LogP contribution in [0.4, 0.5) is 0 Å². The predicted molar refractivity (Wildman–Crippen MR) is 126 cm³/mol. The first kappa shape index (κ1) is 22.1. The second-order valence-corrected chi connectivity index (χ2v) is 8.64. The Kier molecular flexibility index (Phi) is 7.59. The van der Waals surface area contributed by atoms with Crippen molar-refractivity contribution in [2.75, 3.05) is 19.6 Å². The van der Waals surface area contributed by atoms with Crippen LogP contribution >= 0.6 is 0 Å². The van der Waals surface area contributed by atoms with Crippen molar-refractivity contribution in [3.05, 3.63) is 77.9 Å². The largest absolute Gasteiger partial charge is 0.490 e. The number of nitrogens with one attached hydrogen (secondary N) is 1. The van der Waals surface area contributed by atoms with Crippen molar-refractivity contribution in [1.82, 2.24) is 10.2 Å². The smallest absolute Gasteiger partial charge is 0.251 e. The molecule has 2 amide bonds. The fourth-order valence-electron chi connectivity index (χ4n) is 4.41. The number of nitrogens with zero attached hydrogens (tertiary/aromatic N) is 1. The van der Waals surface area contributed by atoms with E-state index in [1.54, 1.807) is 0 Å². The van der Waals surface area contributed by atoms with Gasteiger partial charge in [0.1, 0.15) is 11.9 Å². The van der Waals surface area contributed by atoms with Crippen LogP contribution in [0.25, 0.3) is 0 Å². The zero-order valence-corrected chi connectivity index (χ0v) is 18.5.